The van der Waals surface area contributed by atoms with Gasteiger partial charge in [-0.25, -0.2) is 0 Å². The van der Waals surface area contributed by atoms with Gasteiger partial charge in [0.1, 0.15) is 11.8 Å². The van der Waals surface area contributed by atoms with Gasteiger partial charge in [0.2, 0.25) is 0 Å². The number of rotatable bonds is 6. The molecule has 0 bridgehead atoms. The number of esters is 1. The summed E-state index contributed by atoms with van der Waals surface area (Å²) in [7, 11) is 2.94. The van der Waals surface area contributed by atoms with Crippen molar-refractivity contribution in [1.29, 1.82) is 0 Å². The third-order valence-electron chi connectivity index (χ3n) is 5.20. The molecule has 0 aromatic heterocycles. The summed E-state index contributed by atoms with van der Waals surface area (Å²) in [6.45, 7) is 3.27. The summed E-state index contributed by atoms with van der Waals surface area (Å²) < 4.78 is 10.3. The minimum Gasteiger partial charge on any atom is -0.496 e. The van der Waals surface area contributed by atoms with Crippen molar-refractivity contribution in [1.82, 2.24) is 10.2 Å². The van der Waals surface area contributed by atoms with Crippen molar-refractivity contribution in [3.05, 3.63) is 65.2 Å². The first-order valence-electron chi connectivity index (χ1n) is 9.33. The van der Waals surface area contributed by atoms with Crippen LogP contribution in [0.1, 0.15) is 27.9 Å². The number of carbonyl (C=O) groups is 2. The van der Waals surface area contributed by atoms with E-state index >= 15 is 0 Å². The second-order valence-electron chi connectivity index (χ2n) is 7.00. The Morgan fingerprint density at radius 3 is 2.54 bits per heavy atom. The molecule has 0 spiro atoms. The summed E-state index contributed by atoms with van der Waals surface area (Å²) in [5, 5.41) is 3.04. The second-order valence-corrected chi connectivity index (χ2v) is 7.00. The predicted octanol–water partition coefficient (Wildman–Crippen LogP) is 2.55. The van der Waals surface area contributed by atoms with E-state index in [1.165, 1.54) is 12.7 Å². The van der Waals surface area contributed by atoms with Gasteiger partial charge in [-0.15, -0.1) is 0 Å². The van der Waals surface area contributed by atoms with Crippen LogP contribution in [0.15, 0.2) is 48.5 Å². The van der Waals surface area contributed by atoms with E-state index in [0.717, 1.165) is 5.56 Å². The van der Waals surface area contributed by atoms with E-state index in [1.54, 1.807) is 25.3 Å². The molecule has 1 aliphatic heterocycles. The van der Waals surface area contributed by atoms with Gasteiger partial charge in [0, 0.05) is 19.1 Å². The highest BCUT2D eigenvalue weighted by Gasteiger charge is 2.38. The number of aryl methyl sites for hydroxylation is 1. The van der Waals surface area contributed by atoms with Gasteiger partial charge in [0.15, 0.2) is 0 Å². The number of carbonyl (C=O) groups excluding carboxylic acids is 2. The number of methoxy groups -OCH3 is 2. The molecule has 1 aliphatic rings. The predicted molar refractivity (Wildman–Crippen MR) is 106 cm³/mol. The Bertz CT molecular complexity index is 852. The molecule has 1 heterocycles. The van der Waals surface area contributed by atoms with Crippen molar-refractivity contribution in [2.24, 2.45) is 0 Å². The van der Waals surface area contributed by atoms with Crippen LogP contribution in [0.2, 0.25) is 0 Å². The summed E-state index contributed by atoms with van der Waals surface area (Å²) in [6.07, 6.45) is 0.513. The number of hydrogen-bond acceptors (Lipinski definition) is 5. The number of para-hydroxylation sites is 1. The van der Waals surface area contributed by atoms with Crippen LogP contribution >= 0.6 is 0 Å². The third kappa shape index (κ3) is 4.34. The fourth-order valence-corrected chi connectivity index (χ4v) is 3.67. The minimum absolute atomic E-state index is 0.148. The van der Waals surface area contributed by atoms with Gasteiger partial charge in [0.25, 0.3) is 5.91 Å². The molecule has 2 aromatic rings. The number of ether oxygens (including phenoxy) is 2. The molecule has 148 valence electrons. The highest BCUT2D eigenvalue weighted by molar-refractivity contribution is 5.97. The Hall–Kier alpha value is -2.86. The van der Waals surface area contributed by atoms with E-state index in [-0.39, 0.29) is 24.0 Å². The lowest BCUT2D eigenvalue weighted by Gasteiger charge is -2.23. The van der Waals surface area contributed by atoms with Gasteiger partial charge in [-0.1, -0.05) is 36.4 Å². The van der Waals surface area contributed by atoms with Gasteiger partial charge in [-0.3, -0.25) is 14.5 Å². The topological polar surface area (TPSA) is 67.9 Å². The van der Waals surface area contributed by atoms with Gasteiger partial charge in [0.05, 0.1) is 19.8 Å². The van der Waals surface area contributed by atoms with Gasteiger partial charge < -0.3 is 14.8 Å². The molecule has 2 atom stereocenters. The van der Waals surface area contributed by atoms with Crippen LogP contribution in [-0.2, 0) is 16.1 Å². The molecular formula is C22H26N2O4. The molecule has 0 aliphatic carbocycles. The van der Waals surface area contributed by atoms with E-state index in [2.05, 4.69) is 29.3 Å². The van der Waals surface area contributed by atoms with Crippen molar-refractivity contribution in [3.63, 3.8) is 0 Å². The summed E-state index contributed by atoms with van der Waals surface area (Å²) in [6, 6.07) is 14.7. The van der Waals surface area contributed by atoms with E-state index in [1.807, 2.05) is 18.2 Å². The number of benzene rings is 2. The van der Waals surface area contributed by atoms with Gasteiger partial charge in [-0.05, 0) is 36.6 Å². The number of nitrogens with one attached hydrogen (secondary N) is 1. The zero-order valence-corrected chi connectivity index (χ0v) is 16.5. The Morgan fingerprint density at radius 1 is 1.11 bits per heavy atom. The lowest BCUT2D eigenvalue weighted by atomic mass is 10.1. The number of nitrogens with zero attached hydrogens (tertiary/aromatic N) is 1. The van der Waals surface area contributed by atoms with Crippen molar-refractivity contribution in [2.45, 2.75) is 32.0 Å². The molecule has 6 nitrogen and oxygen atoms in total. The van der Waals surface area contributed by atoms with E-state index in [4.69, 9.17) is 9.47 Å². The van der Waals surface area contributed by atoms with E-state index in [9.17, 15) is 9.59 Å². The highest BCUT2D eigenvalue weighted by atomic mass is 16.5. The molecule has 2 aromatic carbocycles. The quantitative estimate of drug-likeness (QED) is 0.778. The number of likely N-dealkylation sites (tertiary alicyclic amines) is 1. The van der Waals surface area contributed by atoms with Crippen LogP contribution in [0.5, 0.6) is 5.75 Å². The highest BCUT2D eigenvalue weighted by Crippen LogP contribution is 2.24. The van der Waals surface area contributed by atoms with Gasteiger partial charge in [-0.2, -0.15) is 0 Å². The van der Waals surface area contributed by atoms with Crippen molar-refractivity contribution >= 4 is 11.9 Å². The van der Waals surface area contributed by atoms with E-state index in [0.29, 0.717) is 30.8 Å². The first-order valence-corrected chi connectivity index (χ1v) is 9.33. The van der Waals surface area contributed by atoms with Crippen LogP contribution in [0.25, 0.3) is 0 Å². The average Bonchev–Trinajstić information content (AvgIpc) is 3.11. The summed E-state index contributed by atoms with van der Waals surface area (Å²) in [5.41, 5.74) is 2.82. The Kier molecular flexibility index (Phi) is 6.31. The lowest BCUT2D eigenvalue weighted by Crippen LogP contribution is -2.38. The fraction of sp³-hybridized carbons (Fsp3) is 0.364. The van der Waals surface area contributed by atoms with Crippen LogP contribution in [-0.4, -0.2) is 49.6 Å². The third-order valence-corrected chi connectivity index (χ3v) is 5.20. The molecule has 1 N–H and O–H groups in total. The Labute approximate surface area is 165 Å². The SMILES string of the molecule is COC(=O)[C@@H]1C[C@H](NC(=O)c2ccccc2OC)CN1Cc1ccccc1C. The summed E-state index contributed by atoms with van der Waals surface area (Å²) >= 11 is 0. The van der Waals surface area contributed by atoms with Crippen LogP contribution < -0.4 is 10.1 Å². The standard InChI is InChI=1S/C22H26N2O4/c1-15-8-4-5-9-16(15)13-24-14-17(12-19(24)22(26)28-3)23-21(25)18-10-6-7-11-20(18)27-2/h4-11,17,19H,12-14H2,1-3H3,(H,23,25)/t17-,19-/m0/s1. The molecule has 0 saturated carbocycles. The molecule has 0 unspecified atom stereocenters. The summed E-state index contributed by atoms with van der Waals surface area (Å²) in [4.78, 5) is 27.1. The molecule has 28 heavy (non-hydrogen) atoms. The maximum atomic E-state index is 12.7. The van der Waals surface area contributed by atoms with Crippen molar-refractivity contribution in [2.75, 3.05) is 20.8 Å². The fourth-order valence-electron chi connectivity index (χ4n) is 3.67. The smallest absolute Gasteiger partial charge is 0.323 e. The zero-order valence-electron chi connectivity index (χ0n) is 16.5. The first kappa shape index (κ1) is 19.9. The molecule has 1 amide bonds. The monoisotopic (exact) mass is 382 g/mol. The maximum Gasteiger partial charge on any atom is 0.323 e. The van der Waals surface area contributed by atoms with Crippen LogP contribution in [0.3, 0.4) is 0 Å². The zero-order chi connectivity index (χ0) is 20.1. The Balaban J connectivity index is 1.74. The number of amides is 1. The Morgan fingerprint density at radius 2 is 1.82 bits per heavy atom. The maximum absolute atomic E-state index is 12.7. The van der Waals surface area contributed by atoms with Crippen LogP contribution in [0, 0.1) is 6.92 Å². The average molecular weight is 382 g/mol. The van der Waals surface area contributed by atoms with E-state index < -0.39 is 0 Å². The molecule has 1 saturated heterocycles. The largest absolute Gasteiger partial charge is 0.496 e. The minimum atomic E-state index is -0.382. The van der Waals surface area contributed by atoms with Crippen LogP contribution in [0.4, 0.5) is 0 Å². The number of hydrogen-bond donors (Lipinski definition) is 1. The molecule has 1 fully saturated rings. The lowest BCUT2D eigenvalue weighted by molar-refractivity contribution is -0.146. The molecule has 0 radical (unpaired) electrons. The first-order chi connectivity index (χ1) is 13.5. The normalized spacial score (nSPS) is 19.2. The second kappa shape index (κ2) is 8.89. The van der Waals surface area contributed by atoms with Crippen molar-refractivity contribution < 1.29 is 19.1 Å². The molecule has 6 heteroatoms. The summed E-state index contributed by atoms with van der Waals surface area (Å²) in [5.74, 6) is 0.0470. The molecule has 3 rings (SSSR count). The van der Waals surface area contributed by atoms with Crippen molar-refractivity contribution in [3.8, 4) is 5.75 Å². The molecular weight excluding hydrogens is 356 g/mol. The van der Waals surface area contributed by atoms with Gasteiger partial charge >= 0.3 is 5.97 Å².